The van der Waals surface area contributed by atoms with Crippen molar-refractivity contribution in [3.63, 3.8) is 0 Å². The molecule has 1 aliphatic rings. The molecule has 0 saturated carbocycles. The Morgan fingerprint density at radius 3 is 2.29 bits per heavy atom. The maximum absolute atomic E-state index is 6.28. The lowest BCUT2D eigenvalue weighted by molar-refractivity contribution is 0.290. The van der Waals surface area contributed by atoms with Crippen LogP contribution >= 0.6 is 0 Å². The highest BCUT2D eigenvalue weighted by atomic mass is 28.5. The van der Waals surface area contributed by atoms with Crippen LogP contribution in [0.15, 0.2) is 30.3 Å². The molecule has 1 saturated heterocycles. The topological polar surface area (TPSA) is 36.9 Å². The number of benzene rings is 1. The van der Waals surface area contributed by atoms with Gasteiger partial charge in [-0.25, -0.2) is 0 Å². The van der Waals surface area contributed by atoms with Crippen LogP contribution in [0, 0.1) is 0 Å². The van der Waals surface area contributed by atoms with E-state index in [1.807, 2.05) is 18.2 Å². The molecule has 0 aliphatic carbocycles. The van der Waals surface area contributed by atoms with E-state index < -0.39 is 37.1 Å². The van der Waals surface area contributed by atoms with Gasteiger partial charge in [0.1, 0.15) is 0 Å². The summed E-state index contributed by atoms with van der Waals surface area (Å²) >= 11 is 0. The second-order valence-corrected chi connectivity index (χ2v) is 15.0. The zero-order chi connectivity index (χ0) is 12.4. The molecule has 0 aromatic heterocycles. The van der Waals surface area contributed by atoms with Gasteiger partial charge in [-0.3, -0.25) is 0 Å². The Bertz CT molecular complexity index is 375. The molecule has 0 bridgehead atoms. The van der Waals surface area contributed by atoms with E-state index in [4.69, 9.17) is 16.5 Å². The van der Waals surface area contributed by atoms with Crippen LogP contribution in [0.25, 0.3) is 0 Å². The van der Waals surface area contributed by atoms with Crippen molar-refractivity contribution in [1.29, 1.82) is 0 Å². The van der Waals surface area contributed by atoms with Crippen LogP contribution in [0.5, 0.6) is 0 Å². The van der Waals surface area contributed by atoms with Crippen molar-refractivity contribution in [3.8, 4) is 0 Å². The summed E-state index contributed by atoms with van der Waals surface area (Å²) in [5, 5.41) is 1.16. The molecule has 1 aromatic rings. The molecule has 1 aliphatic heterocycles. The van der Waals surface area contributed by atoms with E-state index in [1.165, 1.54) is 0 Å². The maximum atomic E-state index is 6.28. The van der Waals surface area contributed by atoms with E-state index >= 15 is 0 Å². The fraction of sp³-hybridized carbons (Fsp3) is 0.333. The molecule has 4 nitrogen and oxygen atoms in total. The molecule has 0 spiro atoms. The van der Waals surface area contributed by atoms with Crippen molar-refractivity contribution in [1.82, 2.24) is 0 Å². The van der Waals surface area contributed by atoms with E-state index in [-0.39, 0.29) is 0 Å². The standard InChI is InChI=1S/C9H18O4Si4/c1-16(2)11-14-10-15-12-17(3,13-16)9-7-5-4-6-8-9/h4-8H,14-15H2,1-3H3. The Hall–Kier alpha value is -0.0725. The highest BCUT2D eigenvalue weighted by Crippen LogP contribution is 2.18. The smallest absolute Gasteiger partial charge is 0.351 e. The van der Waals surface area contributed by atoms with Crippen molar-refractivity contribution >= 4 is 42.3 Å². The van der Waals surface area contributed by atoms with Gasteiger partial charge in [-0.1, -0.05) is 30.3 Å². The molecule has 94 valence electrons. The molecule has 0 amide bonds. The first-order valence-electron chi connectivity index (χ1n) is 5.63. The highest BCUT2D eigenvalue weighted by molar-refractivity contribution is 6.90. The summed E-state index contributed by atoms with van der Waals surface area (Å²) < 4.78 is 23.6. The first-order chi connectivity index (χ1) is 8.02. The lowest BCUT2D eigenvalue weighted by Gasteiger charge is -2.37. The van der Waals surface area contributed by atoms with Crippen LogP contribution < -0.4 is 5.19 Å². The lowest BCUT2D eigenvalue weighted by atomic mass is 10.4. The van der Waals surface area contributed by atoms with Crippen molar-refractivity contribution in [2.24, 2.45) is 0 Å². The molecular weight excluding hydrogens is 284 g/mol. The fourth-order valence-corrected chi connectivity index (χ4v) is 13.5. The third kappa shape index (κ3) is 3.45. The summed E-state index contributed by atoms with van der Waals surface area (Å²) in [7, 11) is -6.27. The molecule has 0 N–H and O–H groups in total. The van der Waals surface area contributed by atoms with E-state index in [1.54, 1.807) is 0 Å². The molecular formula is C9H18O4Si4. The summed E-state index contributed by atoms with van der Waals surface area (Å²) in [6.45, 7) is 6.21. The van der Waals surface area contributed by atoms with Crippen LogP contribution in [0.1, 0.15) is 0 Å². The van der Waals surface area contributed by atoms with E-state index in [9.17, 15) is 0 Å². The van der Waals surface area contributed by atoms with Crippen LogP contribution in [-0.4, -0.2) is 37.1 Å². The Labute approximate surface area is 109 Å². The quantitative estimate of drug-likeness (QED) is 0.670. The van der Waals surface area contributed by atoms with Gasteiger partial charge in [0.2, 0.25) is 0 Å². The van der Waals surface area contributed by atoms with Gasteiger partial charge >= 0.3 is 17.1 Å². The zero-order valence-electron chi connectivity index (χ0n) is 10.4. The van der Waals surface area contributed by atoms with E-state index in [0.717, 1.165) is 5.19 Å². The third-order valence-electron chi connectivity index (χ3n) is 2.65. The predicted molar refractivity (Wildman–Crippen MR) is 76.6 cm³/mol. The molecule has 17 heavy (non-hydrogen) atoms. The van der Waals surface area contributed by atoms with Crippen molar-refractivity contribution in [3.05, 3.63) is 30.3 Å². The first-order valence-corrected chi connectivity index (χ1v) is 13.1. The molecule has 1 atom stereocenters. The lowest BCUT2D eigenvalue weighted by Crippen LogP contribution is -2.60. The van der Waals surface area contributed by atoms with Crippen LogP contribution in [0.2, 0.25) is 19.6 Å². The summed E-state index contributed by atoms with van der Waals surface area (Å²) in [5.41, 5.74) is 0. The van der Waals surface area contributed by atoms with Gasteiger partial charge < -0.3 is 16.5 Å². The van der Waals surface area contributed by atoms with E-state index in [0.29, 0.717) is 0 Å². The van der Waals surface area contributed by atoms with Gasteiger partial charge in [0.15, 0.2) is 0 Å². The average Bonchev–Trinajstić information content (AvgIpc) is 2.27. The zero-order valence-corrected chi connectivity index (χ0v) is 15.3. The molecule has 8 heteroatoms. The van der Waals surface area contributed by atoms with Gasteiger partial charge in [0, 0.05) is 0 Å². The first kappa shape index (κ1) is 13.4. The second kappa shape index (κ2) is 5.28. The molecule has 1 fully saturated rings. The summed E-state index contributed by atoms with van der Waals surface area (Å²) in [5.74, 6) is 0. The van der Waals surface area contributed by atoms with Gasteiger partial charge in [-0.05, 0) is 24.8 Å². The molecule has 1 heterocycles. The van der Waals surface area contributed by atoms with Gasteiger partial charge in [-0.15, -0.1) is 0 Å². The van der Waals surface area contributed by atoms with Crippen molar-refractivity contribution in [2.45, 2.75) is 19.6 Å². The minimum Gasteiger partial charge on any atom is -0.425 e. The van der Waals surface area contributed by atoms with Crippen molar-refractivity contribution < 1.29 is 16.5 Å². The van der Waals surface area contributed by atoms with Crippen molar-refractivity contribution in [2.75, 3.05) is 0 Å². The Balaban J connectivity index is 2.26. The van der Waals surface area contributed by atoms with Gasteiger partial charge in [-0.2, -0.15) is 0 Å². The molecule has 0 radical (unpaired) electrons. The summed E-state index contributed by atoms with van der Waals surface area (Å²) in [6.07, 6.45) is 0. The molecule has 1 aromatic carbocycles. The average molecular weight is 303 g/mol. The summed E-state index contributed by atoms with van der Waals surface area (Å²) in [6, 6.07) is 10.2. The number of hydrogen-bond acceptors (Lipinski definition) is 4. The third-order valence-corrected chi connectivity index (χ3v) is 14.8. The van der Waals surface area contributed by atoms with Crippen LogP contribution in [-0.2, 0) is 16.5 Å². The number of rotatable bonds is 1. The highest BCUT2D eigenvalue weighted by Gasteiger charge is 2.42. The maximum Gasteiger partial charge on any atom is 0.351 e. The molecule has 2 rings (SSSR count). The van der Waals surface area contributed by atoms with Crippen LogP contribution in [0.3, 0.4) is 0 Å². The Morgan fingerprint density at radius 2 is 1.59 bits per heavy atom. The Kier molecular flexibility index (Phi) is 4.15. The van der Waals surface area contributed by atoms with E-state index in [2.05, 4.69) is 31.8 Å². The minimum absolute atomic E-state index is 0.885. The Morgan fingerprint density at radius 1 is 0.941 bits per heavy atom. The summed E-state index contributed by atoms with van der Waals surface area (Å²) in [4.78, 5) is 0. The molecule has 1 unspecified atom stereocenters. The van der Waals surface area contributed by atoms with Gasteiger partial charge in [0.25, 0.3) is 20.0 Å². The normalized spacial score (nSPS) is 32.2. The van der Waals surface area contributed by atoms with Crippen LogP contribution in [0.4, 0.5) is 0 Å². The van der Waals surface area contributed by atoms with Gasteiger partial charge in [0.05, 0.1) is 0 Å². The fourth-order valence-electron chi connectivity index (χ4n) is 1.78. The largest absolute Gasteiger partial charge is 0.425 e. The monoisotopic (exact) mass is 302 g/mol. The SMILES string of the molecule is C[Si]1(C)O[SiH2]O[SiH2]O[Si](C)(c2ccccc2)O1. The number of hydrogen-bond donors (Lipinski definition) is 0. The second-order valence-electron chi connectivity index (χ2n) is 4.54. The minimum atomic E-state index is -2.33. The predicted octanol–water partition coefficient (Wildman–Crippen LogP) is -0.255.